The van der Waals surface area contributed by atoms with Crippen molar-refractivity contribution in [2.24, 2.45) is 0 Å². The van der Waals surface area contributed by atoms with Crippen LogP contribution in [0.5, 0.6) is 0 Å². The molecule has 8 heteroatoms. The third kappa shape index (κ3) is 3.85. The summed E-state index contributed by atoms with van der Waals surface area (Å²) in [5.74, 6) is 1.07. The van der Waals surface area contributed by atoms with Gasteiger partial charge in [-0.05, 0) is 47.9 Å². The predicted octanol–water partition coefficient (Wildman–Crippen LogP) is 4.31. The molecule has 31 heavy (non-hydrogen) atoms. The quantitative estimate of drug-likeness (QED) is 0.399. The summed E-state index contributed by atoms with van der Waals surface area (Å²) in [5, 5.41) is 8.79. The molecular weight excluding hydrogens is 395 g/mol. The standard InChI is InChI=1S/C14H14N4O.C9H7FN2/c1-8-16-14(18-19-8)13-12-10(6-7-15-13)9-4-2-3-5-11(9)17-12;10-8-3-1-7(2-4-8)9-5-11-6-12-9/h2-5,13,15,17H,6-7H2,1H3;1-6H,(H,11,12). The highest BCUT2D eigenvalue weighted by Gasteiger charge is 2.28. The van der Waals surface area contributed by atoms with E-state index in [1.54, 1.807) is 24.7 Å². The van der Waals surface area contributed by atoms with E-state index in [9.17, 15) is 4.39 Å². The number of nitrogens with zero attached hydrogens (tertiary/aromatic N) is 3. The first-order valence-corrected chi connectivity index (χ1v) is 10.1. The van der Waals surface area contributed by atoms with Gasteiger partial charge in [0, 0.05) is 30.1 Å². The summed E-state index contributed by atoms with van der Waals surface area (Å²) in [7, 11) is 0. The van der Waals surface area contributed by atoms with E-state index in [-0.39, 0.29) is 11.9 Å². The first-order valence-electron chi connectivity index (χ1n) is 10.1. The van der Waals surface area contributed by atoms with Gasteiger partial charge in [-0.15, -0.1) is 0 Å². The summed E-state index contributed by atoms with van der Waals surface area (Å²) in [6.07, 6.45) is 4.32. The molecule has 3 N–H and O–H groups in total. The molecule has 2 aromatic carbocycles. The van der Waals surface area contributed by atoms with E-state index < -0.39 is 0 Å². The molecule has 0 bridgehead atoms. The molecular formula is C23H21FN6O. The van der Waals surface area contributed by atoms with Crippen LogP contribution in [0.3, 0.4) is 0 Å². The number of nitrogens with one attached hydrogen (secondary N) is 3. The minimum absolute atomic E-state index is 0.00593. The van der Waals surface area contributed by atoms with Crippen molar-refractivity contribution in [1.82, 2.24) is 30.4 Å². The minimum Gasteiger partial charge on any atom is -0.356 e. The van der Waals surface area contributed by atoms with Crippen LogP contribution in [0, 0.1) is 12.7 Å². The maximum atomic E-state index is 12.5. The zero-order valence-electron chi connectivity index (χ0n) is 16.9. The predicted molar refractivity (Wildman–Crippen MR) is 115 cm³/mol. The van der Waals surface area contributed by atoms with Gasteiger partial charge in [-0.2, -0.15) is 4.98 Å². The van der Waals surface area contributed by atoms with Crippen LogP contribution in [0.15, 0.2) is 65.6 Å². The Morgan fingerprint density at radius 2 is 1.94 bits per heavy atom. The summed E-state index contributed by atoms with van der Waals surface area (Å²) < 4.78 is 17.6. The molecule has 0 saturated carbocycles. The van der Waals surface area contributed by atoms with Crippen molar-refractivity contribution in [3.8, 4) is 11.3 Å². The topological polar surface area (TPSA) is 95.4 Å². The fourth-order valence-electron chi connectivity index (χ4n) is 3.88. The maximum absolute atomic E-state index is 12.5. The van der Waals surface area contributed by atoms with E-state index in [4.69, 9.17) is 4.52 Å². The Balaban J connectivity index is 0.000000147. The highest BCUT2D eigenvalue weighted by molar-refractivity contribution is 5.85. The fourth-order valence-corrected chi connectivity index (χ4v) is 3.88. The average molecular weight is 416 g/mol. The molecule has 6 rings (SSSR count). The van der Waals surface area contributed by atoms with Crippen molar-refractivity contribution < 1.29 is 8.91 Å². The van der Waals surface area contributed by atoms with Gasteiger partial charge < -0.3 is 19.8 Å². The fraction of sp³-hybridized carbons (Fsp3) is 0.174. The molecule has 1 aliphatic rings. The van der Waals surface area contributed by atoms with Crippen LogP contribution >= 0.6 is 0 Å². The van der Waals surface area contributed by atoms with Gasteiger partial charge in [-0.1, -0.05) is 23.4 Å². The van der Waals surface area contributed by atoms with Crippen LogP contribution < -0.4 is 5.32 Å². The molecule has 1 atom stereocenters. The second-order valence-electron chi connectivity index (χ2n) is 7.34. The third-order valence-corrected chi connectivity index (χ3v) is 5.31. The first-order chi connectivity index (χ1) is 15.2. The molecule has 0 fully saturated rings. The van der Waals surface area contributed by atoms with Crippen molar-refractivity contribution in [2.75, 3.05) is 6.54 Å². The minimum atomic E-state index is -0.224. The van der Waals surface area contributed by atoms with Gasteiger partial charge in [0.15, 0.2) is 5.82 Å². The molecule has 1 unspecified atom stereocenters. The second kappa shape index (κ2) is 8.16. The number of para-hydroxylation sites is 1. The molecule has 5 aromatic rings. The van der Waals surface area contributed by atoms with Crippen molar-refractivity contribution in [2.45, 2.75) is 19.4 Å². The Morgan fingerprint density at radius 3 is 2.68 bits per heavy atom. The zero-order chi connectivity index (χ0) is 21.2. The summed E-state index contributed by atoms with van der Waals surface area (Å²) in [4.78, 5) is 14.6. The number of hydrogen-bond donors (Lipinski definition) is 3. The van der Waals surface area contributed by atoms with E-state index in [1.807, 2.05) is 13.0 Å². The Labute approximate surface area is 177 Å². The van der Waals surface area contributed by atoms with E-state index in [0.29, 0.717) is 11.7 Å². The number of benzene rings is 2. The molecule has 0 aliphatic carbocycles. The Bertz CT molecular complexity index is 1290. The van der Waals surface area contributed by atoms with E-state index >= 15 is 0 Å². The first kappa shape index (κ1) is 19.2. The molecule has 1 aliphatic heterocycles. The van der Waals surface area contributed by atoms with Crippen LogP contribution in [0.4, 0.5) is 4.39 Å². The largest absolute Gasteiger partial charge is 0.356 e. The number of aromatic amines is 2. The monoisotopic (exact) mass is 416 g/mol. The van der Waals surface area contributed by atoms with Gasteiger partial charge in [0.2, 0.25) is 5.89 Å². The van der Waals surface area contributed by atoms with Crippen molar-refractivity contribution in [3.63, 3.8) is 0 Å². The van der Waals surface area contributed by atoms with Gasteiger partial charge in [0.1, 0.15) is 11.9 Å². The maximum Gasteiger partial charge on any atom is 0.223 e. The summed E-state index contributed by atoms with van der Waals surface area (Å²) in [5.41, 5.74) is 5.53. The number of fused-ring (bicyclic) bond motifs is 3. The number of halogens is 1. The normalized spacial score (nSPS) is 15.4. The number of aromatic nitrogens is 5. The molecule has 0 radical (unpaired) electrons. The molecule has 7 nitrogen and oxygen atoms in total. The van der Waals surface area contributed by atoms with Gasteiger partial charge in [0.05, 0.1) is 18.2 Å². The number of hydrogen-bond acceptors (Lipinski definition) is 5. The lowest BCUT2D eigenvalue weighted by atomic mass is 9.99. The lowest BCUT2D eigenvalue weighted by molar-refractivity contribution is 0.380. The van der Waals surface area contributed by atoms with Crippen LogP contribution in [0.2, 0.25) is 0 Å². The third-order valence-electron chi connectivity index (χ3n) is 5.31. The number of H-pyrrole nitrogens is 2. The van der Waals surface area contributed by atoms with Crippen LogP contribution in [-0.4, -0.2) is 31.6 Å². The SMILES string of the molecule is Cc1nc(C2NCCc3c2[nH]c2ccccc32)no1.Fc1ccc(-c2cnc[nH]2)cc1. The lowest BCUT2D eigenvalue weighted by Gasteiger charge is -2.21. The van der Waals surface area contributed by atoms with E-state index in [1.165, 1.54) is 28.6 Å². The number of imidazole rings is 1. The average Bonchev–Trinajstić information content (AvgIpc) is 3.54. The van der Waals surface area contributed by atoms with E-state index in [2.05, 4.69) is 48.6 Å². The van der Waals surface area contributed by atoms with Crippen LogP contribution in [-0.2, 0) is 6.42 Å². The summed E-state index contributed by atoms with van der Waals surface area (Å²) >= 11 is 0. The summed E-state index contributed by atoms with van der Waals surface area (Å²) in [6.45, 7) is 2.73. The Hall–Kier alpha value is -3.78. The highest BCUT2D eigenvalue weighted by atomic mass is 19.1. The molecule has 3 aromatic heterocycles. The smallest absolute Gasteiger partial charge is 0.223 e. The second-order valence-corrected chi connectivity index (χ2v) is 7.34. The van der Waals surface area contributed by atoms with Crippen molar-refractivity contribution in [1.29, 1.82) is 0 Å². The molecule has 0 amide bonds. The zero-order valence-corrected chi connectivity index (χ0v) is 16.9. The number of aryl methyl sites for hydroxylation is 1. The van der Waals surface area contributed by atoms with E-state index in [0.717, 1.165) is 29.9 Å². The van der Waals surface area contributed by atoms with Crippen LogP contribution in [0.25, 0.3) is 22.2 Å². The van der Waals surface area contributed by atoms with Gasteiger partial charge in [0.25, 0.3) is 0 Å². The van der Waals surface area contributed by atoms with Gasteiger partial charge in [-0.3, -0.25) is 0 Å². The molecule has 0 saturated heterocycles. The Morgan fingerprint density at radius 1 is 1.10 bits per heavy atom. The Kier molecular flexibility index (Phi) is 5.05. The van der Waals surface area contributed by atoms with Gasteiger partial charge >= 0.3 is 0 Å². The summed E-state index contributed by atoms with van der Waals surface area (Å²) in [6, 6.07) is 14.7. The van der Waals surface area contributed by atoms with Gasteiger partial charge in [-0.25, -0.2) is 9.37 Å². The molecule has 4 heterocycles. The van der Waals surface area contributed by atoms with Crippen molar-refractivity contribution >= 4 is 10.9 Å². The lowest BCUT2D eigenvalue weighted by Crippen LogP contribution is -2.31. The highest BCUT2D eigenvalue weighted by Crippen LogP contribution is 2.32. The van der Waals surface area contributed by atoms with Crippen LogP contribution in [0.1, 0.15) is 29.0 Å². The molecule has 0 spiro atoms. The number of rotatable bonds is 2. The van der Waals surface area contributed by atoms with Crippen molar-refractivity contribution in [3.05, 3.63) is 89.8 Å². The molecule has 156 valence electrons.